The number of hydrogen-bond acceptors (Lipinski definition) is 3. The van der Waals surface area contributed by atoms with Crippen LogP contribution >= 0.6 is 11.8 Å². The van der Waals surface area contributed by atoms with E-state index in [-0.39, 0.29) is 35.8 Å². The van der Waals surface area contributed by atoms with Gasteiger partial charge in [-0.05, 0) is 17.7 Å². The molecule has 1 fully saturated rings. The Morgan fingerprint density at radius 1 is 1.32 bits per heavy atom. The first-order valence-corrected chi connectivity index (χ1v) is 7.16. The SMILES string of the molecule is [NH3+]CCS[C@@H]1CC(=O)N(Cc2ccc(F)cc2)C1=O. The largest absolute Gasteiger partial charge is 0.357 e. The van der Waals surface area contributed by atoms with Gasteiger partial charge in [-0.1, -0.05) is 12.1 Å². The number of hydrogen-bond donors (Lipinski definition) is 1. The van der Waals surface area contributed by atoms with Crippen LogP contribution in [0, 0.1) is 5.82 Å². The number of thioether (sulfide) groups is 1. The molecule has 1 aromatic rings. The molecular weight excluding hydrogens is 267 g/mol. The first-order valence-electron chi connectivity index (χ1n) is 6.11. The molecule has 6 heteroatoms. The van der Waals surface area contributed by atoms with Gasteiger partial charge in [-0.15, -0.1) is 11.8 Å². The zero-order valence-corrected chi connectivity index (χ0v) is 11.3. The van der Waals surface area contributed by atoms with Gasteiger partial charge in [0.25, 0.3) is 0 Å². The molecule has 2 rings (SSSR count). The smallest absolute Gasteiger partial charge is 0.243 e. The summed E-state index contributed by atoms with van der Waals surface area (Å²) in [5, 5.41) is -0.283. The fourth-order valence-corrected chi connectivity index (χ4v) is 2.93. The van der Waals surface area contributed by atoms with Crippen molar-refractivity contribution in [2.45, 2.75) is 18.2 Å². The monoisotopic (exact) mass is 283 g/mol. The maximum absolute atomic E-state index is 12.8. The maximum atomic E-state index is 12.8. The van der Waals surface area contributed by atoms with Gasteiger partial charge in [-0.25, -0.2) is 4.39 Å². The third-order valence-corrected chi connectivity index (χ3v) is 4.21. The summed E-state index contributed by atoms with van der Waals surface area (Å²) in [6.45, 7) is 0.958. The van der Waals surface area contributed by atoms with Crippen molar-refractivity contribution in [3.8, 4) is 0 Å². The average molecular weight is 283 g/mol. The zero-order valence-electron chi connectivity index (χ0n) is 10.5. The number of rotatable bonds is 5. The molecule has 0 unspecified atom stereocenters. The molecule has 4 nitrogen and oxygen atoms in total. The number of imide groups is 1. The van der Waals surface area contributed by atoms with Crippen molar-refractivity contribution in [2.24, 2.45) is 0 Å². The fraction of sp³-hybridized carbons (Fsp3) is 0.385. The number of benzene rings is 1. The molecule has 1 aliphatic heterocycles. The lowest BCUT2D eigenvalue weighted by molar-refractivity contribution is -0.360. The Morgan fingerprint density at radius 2 is 2.00 bits per heavy atom. The van der Waals surface area contributed by atoms with Crippen molar-refractivity contribution in [1.82, 2.24) is 4.90 Å². The van der Waals surface area contributed by atoms with E-state index in [1.165, 1.54) is 28.8 Å². The molecule has 0 aromatic heterocycles. The number of likely N-dealkylation sites (tertiary alicyclic amines) is 1. The van der Waals surface area contributed by atoms with Gasteiger partial charge in [0.15, 0.2) is 0 Å². The van der Waals surface area contributed by atoms with Gasteiger partial charge in [-0.3, -0.25) is 14.5 Å². The molecule has 19 heavy (non-hydrogen) atoms. The summed E-state index contributed by atoms with van der Waals surface area (Å²) >= 11 is 1.48. The number of halogens is 1. The van der Waals surface area contributed by atoms with Crippen molar-refractivity contribution >= 4 is 23.6 Å². The molecule has 0 radical (unpaired) electrons. The lowest BCUT2D eigenvalue weighted by Gasteiger charge is -2.14. The van der Waals surface area contributed by atoms with E-state index in [9.17, 15) is 14.0 Å². The van der Waals surface area contributed by atoms with Gasteiger partial charge in [-0.2, -0.15) is 0 Å². The Bertz CT molecular complexity index is 478. The second-order valence-corrected chi connectivity index (χ2v) is 5.67. The number of amides is 2. The van der Waals surface area contributed by atoms with Crippen LogP contribution < -0.4 is 5.73 Å². The van der Waals surface area contributed by atoms with Crippen LogP contribution in [0.1, 0.15) is 12.0 Å². The Balaban J connectivity index is 2.02. The summed E-state index contributed by atoms with van der Waals surface area (Å²) in [6, 6.07) is 5.84. The highest BCUT2D eigenvalue weighted by Gasteiger charge is 2.38. The zero-order chi connectivity index (χ0) is 13.8. The number of quaternary nitrogens is 1. The molecule has 0 saturated carbocycles. The van der Waals surface area contributed by atoms with Crippen LogP contribution in [0.3, 0.4) is 0 Å². The van der Waals surface area contributed by atoms with Crippen molar-refractivity contribution < 1.29 is 19.7 Å². The minimum absolute atomic E-state index is 0.146. The Hall–Kier alpha value is -1.40. The fourth-order valence-electron chi connectivity index (χ4n) is 1.95. The summed E-state index contributed by atoms with van der Waals surface area (Å²) in [6.07, 6.45) is 0.255. The first kappa shape index (κ1) is 14.0. The van der Waals surface area contributed by atoms with Crippen LogP contribution in [0.15, 0.2) is 24.3 Å². The van der Waals surface area contributed by atoms with E-state index in [4.69, 9.17) is 0 Å². The van der Waals surface area contributed by atoms with Gasteiger partial charge >= 0.3 is 0 Å². The molecule has 1 heterocycles. The minimum Gasteiger partial charge on any atom is -0.357 e. The molecule has 3 N–H and O–H groups in total. The molecular formula is C13H16FN2O2S+. The predicted octanol–water partition coefficient (Wildman–Crippen LogP) is 0.428. The van der Waals surface area contributed by atoms with Crippen LogP contribution in [0.5, 0.6) is 0 Å². The van der Waals surface area contributed by atoms with Crippen LogP contribution in [0.4, 0.5) is 4.39 Å². The average Bonchev–Trinajstić information content (AvgIpc) is 2.66. The Labute approximate surface area is 115 Å². The molecule has 1 saturated heterocycles. The van der Waals surface area contributed by atoms with Gasteiger partial charge < -0.3 is 5.73 Å². The van der Waals surface area contributed by atoms with Crippen LogP contribution in [0.25, 0.3) is 0 Å². The first-order chi connectivity index (χ1) is 9.11. The molecule has 102 valence electrons. The molecule has 1 atom stereocenters. The Morgan fingerprint density at radius 3 is 2.63 bits per heavy atom. The summed E-state index contributed by atoms with van der Waals surface area (Å²) < 4.78 is 12.8. The highest BCUT2D eigenvalue weighted by molar-refractivity contribution is 8.00. The third-order valence-electron chi connectivity index (χ3n) is 2.92. The lowest BCUT2D eigenvalue weighted by Crippen LogP contribution is -2.51. The number of carbonyl (C=O) groups excluding carboxylic acids is 2. The van der Waals surface area contributed by atoms with Crippen LogP contribution in [0.2, 0.25) is 0 Å². The summed E-state index contributed by atoms with van der Waals surface area (Å²) in [7, 11) is 0. The van der Waals surface area contributed by atoms with E-state index < -0.39 is 0 Å². The summed E-state index contributed by atoms with van der Waals surface area (Å²) in [5.41, 5.74) is 4.48. The second-order valence-electron chi connectivity index (χ2n) is 4.36. The molecule has 0 spiro atoms. The van der Waals surface area contributed by atoms with E-state index in [1.807, 2.05) is 0 Å². The number of carbonyl (C=O) groups is 2. The van der Waals surface area contributed by atoms with Crippen molar-refractivity contribution in [1.29, 1.82) is 0 Å². The van der Waals surface area contributed by atoms with E-state index in [0.717, 1.165) is 17.9 Å². The standard InChI is InChI=1S/C13H15FN2O2S/c14-10-3-1-9(2-4-10)8-16-12(17)7-11(13(16)18)19-6-5-15/h1-4,11H,5-8,15H2/p+1/t11-/m1/s1. The predicted molar refractivity (Wildman–Crippen MR) is 70.6 cm³/mol. The highest BCUT2D eigenvalue weighted by atomic mass is 32.2. The van der Waals surface area contributed by atoms with Crippen molar-refractivity contribution in [3.05, 3.63) is 35.6 Å². The van der Waals surface area contributed by atoms with Gasteiger partial charge in [0.1, 0.15) is 5.82 Å². The Kier molecular flexibility index (Phi) is 4.55. The molecule has 1 aromatic carbocycles. The van der Waals surface area contributed by atoms with Gasteiger partial charge in [0.05, 0.1) is 18.3 Å². The van der Waals surface area contributed by atoms with Crippen LogP contribution in [-0.4, -0.2) is 34.3 Å². The highest BCUT2D eigenvalue weighted by Crippen LogP contribution is 2.26. The van der Waals surface area contributed by atoms with Gasteiger partial charge in [0, 0.05) is 12.2 Å². The van der Waals surface area contributed by atoms with Crippen molar-refractivity contribution in [3.63, 3.8) is 0 Å². The van der Waals surface area contributed by atoms with Crippen molar-refractivity contribution in [2.75, 3.05) is 12.3 Å². The maximum Gasteiger partial charge on any atom is 0.243 e. The lowest BCUT2D eigenvalue weighted by atomic mass is 10.2. The normalized spacial score (nSPS) is 19.3. The topological polar surface area (TPSA) is 65.0 Å². The van der Waals surface area contributed by atoms with Crippen LogP contribution in [-0.2, 0) is 16.1 Å². The van der Waals surface area contributed by atoms with E-state index in [0.29, 0.717) is 0 Å². The molecule has 0 aliphatic carbocycles. The molecule has 0 bridgehead atoms. The number of nitrogens with zero attached hydrogens (tertiary/aromatic N) is 1. The van der Waals surface area contributed by atoms with E-state index in [1.54, 1.807) is 12.1 Å². The third kappa shape index (κ3) is 3.33. The quantitative estimate of drug-likeness (QED) is 0.797. The summed E-state index contributed by atoms with van der Waals surface area (Å²) in [4.78, 5) is 25.2. The van der Waals surface area contributed by atoms with E-state index in [2.05, 4.69) is 5.73 Å². The molecule has 1 aliphatic rings. The summed E-state index contributed by atoms with van der Waals surface area (Å²) in [5.74, 6) is 0.143. The minimum atomic E-state index is -0.327. The molecule has 2 amide bonds. The van der Waals surface area contributed by atoms with E-state index >= 15 is 0 Å². The van der Waals surface area contributed by atoms with Gasteiger partial charge in [0.2, 0.25) is 11.8 Å². The second kappa shape index (κ2) is 6.16.